The van der Waals surface area contributed by atoms with Crippen LogP contribution in [0.3, 0.4) is 0 Å². The minimum absolute atomic E-state index is 0.0350. The lowest BCUT2D eigenvalue weighted by Crippen LogP contribution is -2.22. The molecular formula is C14H19NO2. The SMILES string of the molecule is CCOc1ccc2c(c1C(=O)NC)CCCC2. The van der Waals surface area contributed by atoms with Gasteiger partial charge in [-0.05, 0) is 49.8 Å². The van der Waals surface area contributed by atoms with E-state index >= 15 is 0 Å². The number of hydrogen-bond acceptors (Lipinski definition) is 2. The van der Waals surface area contributed by atoms with Gasteiger partial charge in [-0.2, -0.15) is 0 Å². The highest BCUT2D eigenvalue weighted by molar-refractivity contribution is 5.98. The molecule has 0 aromatic heterocycles. The summed E-state index contributed by atoms with van der Waals surface area (Å²) in [5.74, 6) is 0.680. The summed E-state index contributed by atoms with van der Waals surface area (Å²) in [6.45, 7) is 2.52. The van der Waals surface area contributed by atoms with E-state index in [1.807, 2.05) is 13.0 Å². The second kappa shape index (κ2) is 5.21. The average molecular weight is 233 g/mol. The van der Waals surface area contributed by atoms with Crippen LogP contribution in [0.2, 0.25) is 0 Å². The van der Waals surface area contributed by atoms with Gasteiger partial charge in [-0.1, -0.05) is 6.07 Å². The quantitative estimate of drug-likeness (QED) is 0.870. The van der Waals surface area contributed by atoms with Gasteiger partial charge in [-0.3, -0.25) is 4.79 Å². The number of nitrogens with one attached hydrogen (secondary N) is 1. The summed E-state index contributed by atoms with van der Waals surface area (Å²) in [7, 11) is 1.67. The highest BCUT2D eigenvalue weighted by atomic mass is 16.5. The lowest BCUT2D eigenvalue weighted by atomic mass is 9.87. The van der Waals surface area contributed by atoms with Gasteiger partial charge in [0.2, 0.25) is 0 Å². The van der Waals surface area contributed by atoms with E-state index in [0.717, 1.165) is 24.8 Å². The van der Waals surface area contributed by atoms with Crippen molar-refractivity contribution in [1.29, 1.82) is 0 Å². The lowest BCUT2D eigenvalue weighted by Gasteiger charge is -2.21. The van der Waals surface area contributed by atoms with E-state index in [1.165, 1.54) is 17.5 Å². The Morgan fingerprint density at radius 1 is 1.35 bits per heavy atom. The highest BCUT2D eigenvalue weighted by Gasteiger charge is 2.21. The zero-order valence-electron chi connectivity index (χ0n) is 10.5. The Morgan fingerprint density at radius 2 is 2.12 bits per heavy atom. The van der Waals surface area contributed by atoms with Gasteiger partial charge in [0.25, 0.3) is 5.91 Å². The van der Waals surface area contributed by atoms with Crippen LogP contribution in [0.4, 0.5) is 0 Å². The van der Waals surface area contributed by atoms with Gasteiger partial charge in [0.1, 0.15) is 5.75 Å². The molecule has 1 amide bonds. The number of aryl methyl sites for hydroxylation is 1. The number of carbonyl (C=O) groups excluding carboxylic acids is 1. The van der Waals surface area contributed by atoms with Gasteiger partial charge in [0.05, 0.1) is 12.2 Å². The maximum Gasteiger partial charge on any atom is 0.255 e. The molecule has 3 nitrogen and oxygen atoms in total. The fraction of sp³-hybridized carbons (Fsp3) is 0.500. The molecule has 1 N–H and O–H groups in total. The minimum Gasteiger partial charge on any atom is -0.493 e. The second-order valence-electron chi connectivity index (χ2n) is 4.30. The molecule has 1 aliphatic rings. The zero-order valence-corrected chi connectivity index (χ0v) is 10.5. The first-order valence-electron chi connectivity index (χ1n) is 6.27. The van der Waals surface area contributed by atoms with Crippen molar-refractivity contribution in [3.05, 3.63) is 28.8 Å². The third-order valence-corrected chi connectivity index (χ3v) is 3.25. The Hall–Kier alpha value is -1.51. The van der Waals surface area contributed by atoms with Crippen molar-refractivity contribution < 1.29 is 9.53 Å². The molecule has 1 aromatic carbocycles. The molecule has 17 heavy (non-hydrogen) atoms. The molecular weight excluding hydrogens is 214 g/mol. The van der Waals surface area contributed by atoms with E-state index < -0.39 is 0 Å². The maximum atomic E-state index is 12.0. The van der Waals surface area contributed by atoms with Crippen LogP contribution in [0.5, 0.6) is 5.75 Å². The molecule has 1 aromatic rings. The molecule has 2 rings (SSSR count). The van der Waals surface area contributed by atoms with Crippen molar-refractivity contribution in [2.45, 2.75) is 32.6 Å². The number of carbonyl (C=O) groups is 1. The van der Waals surface area contributed by atoms with Crippen LogP contribution in [0.15, 0.2) is 12.1 Å². The first kappa shape index (κ1) is 12.0. The normalized spacial score (nSPS) is 14.0. The molecule has 0 bridgehead atoms. The summed E-state index contributed by atoms with van der Waals surface area (Å²) in [6, 6.07) is 4.03. The van der Waals surface area contributed by atoms with E-state index in [2.05, 4.69) is 11.4 Å². The van der Waals surface area contributed by atoms with Crippen LogP contribution in [-0.2, 0) is 12.8 Å². The van der Waals surface area contributed by atoms with Crippen molar-refractivity contribution in [3.63, 3.8) is 0 Å². The Morgan fingerprint density at radius 3 is 2.82 bits per heavy atom. The van der Waals surface area contributed by atoms with E-state index in [4.69, 9.17) is 4.74 Å². The first-order valence-corrected chi connectivity index (χ1v) is 6.27. The van der Waals surface area contributed by atoms with Gasteiger partial charge in [-0.15, -0.1) is 0 Å². The average Bonchev–Trinajstić information content (AvgIpc) is 2.38. The molecule has 1 aliphatic carbocycles. The van der Waals surface area contributed by atoms with E-state index in [1.54, 1.807) is 7.05 Å². The molecule has 0 aliphatic heterocycles. The number of hydrogen-bond donors (Lipinski definition) is 1. The summed E-state index contributed by atoms with van der Waals surface area (Å²) in [5, 5.41) is 2.71. The van der Waals surface area contributed by atoms with Crippen LogP contribution in [0.1, 0.15) is 41.3 Å². The number of ether oxygens (including phenoxy) is 1. The summed E-state index contributed by atoms with van der Waals surface area (Å²) in [4.78, 5) is 12.0. The number of benzene rings is 1. The Balaban J connectivity index is 2.51. The third-order valence-electron chi connectivity index (χ3n) is 3.25. The van der Waals surface area contributed by atoms with Crippen LogP contribution in [0.25, 0.3) is 0 Å². The molecule has 92 valence electrons. The van der Waals surface area contributed by atoms with E-state index in [9.17, 15) is 4.79 Å². The summed E-state index contributed by atoms with van der Waals surface area (Å²) >= 11 is 0. The smallest absolute Gasteiger partial charge is 0.255 e. The number of rotatable bonds is 3. The van der Waals surface area contributed by atoms with Gasteiger partial charge < -0.3 is 10.1 Å². The van der Waals surface area contributed by atoms with Gasteiger partial charge >= 0.3 is 0 Å². The van der Waals surface area contributed by atoms with Crippen LogP contribution < -0.4 is 10.1 Å². The van der Waals surface area contributed by atoms with E-state index in [0.29, 0.717) is 12.4 Å². The Labute approximate surface area is 102 Å². The fourth-order valence-corrected chi connectivity index (χ4v) is 2.46. The number of fused-ring (bicyclic) bond motifs is 1. The fourth-order valence-electron chi connectivity index (χ4n) is 2.46. The Kier molecular flexibility index (Phi) is 3.67. The molecule has 0 saturated heterocycles. The third kappa shape index (κ3) is 2.28. The van der Waals surface area contributed by atoms with Crippen LogP contribution >= 0.6 is 0 Å². The minimum atomic E-state index is -0.0350. The molecule has 0 atom stereocenters. The largest absolute Gasteiger partial charge is 0.493 e. The molecule has 0 spiro atoms. The molecule has 0 saturated carbocycles. The predicted molar refractivity (Wildman–Crippen MR) is 67.6 cm³/mol. The van der Waals surface area contributed by atoms with Crippen molar-refractivity contribution in [1.82, 2.24) is 5.32 Å². The van der Waals surface area contributed by atoms with E-state index in [-0.39, 0.29) is 5.91 Å². The standard InChI is InChI=1S/C14H19NO2/c1-3-17-12-9-8-10-6-4-5-7-11(10)13(12)14(16)15-2/h8-9H,3-7H2,1-2H3,(H,15,16). The molecule has 0 radical (unpaired) electrons. The summed E-state index contributed by atoms with van der Waals surface area (Å²) in [5.41, 5.74) is 3.23. The zero-order chi connectivity index (χ0) is 12.3. The molecule has 0 unspecified atom stereocenters. The molecule has 0 heterocycles. The van der Waals surface area contributed by atoms with Crippen molar-refractivity contribution in [2.24, 2.45) is 0 Å². The summed E-state index contributed by atoms with van der Waals surface area (Å²) < 4.78 is 5.57. The van der Waals surface area contributed by atoms with Crippen LogP contribution in [-0.4, -0.2) is 19.6 Å². The Bertz CT molecular complexity index is 426. The molecule has 3 heteroatoms. The highest BCUT2D eigenvalue weighted by Crippen LogP contribution is 2.31. The van der Waals surface area contributed by atoms with Crippen molar-refractivity contribution in [2.75, 3.05) is 13.7 Å². The number of amides is 1. The summed E-state index contributed by atoms with van der Waals surface area (Å²) in [6.07, 6.45) is 4.44. The van der Waals surface area contributed by atoms with Gasteiger partial charge in [0.15, 0.2) is 0 Å². The monoisotopic (exact) mass is 233 g/mol. The lowest BCUT2D eigenvalue weighted by molar-refractivity contribution is 0.0958. The topological polar surface area (TPSA) is 38.3 Å². The van der Waals surface area contributed by atoms with Gasteiger partial charge in [-0.25, -0.2) is 0 Å². The van der Waals surface area contributed by atoms with Crippen molar-refractivity contribution >= 4 is 5.91 Å². The van der Waals surface area contributed by atoms with Crippen molar-refractivity contribution in [3.8, 4) is 5.75 Å². The maximum absolute atomic E-state index is 12.0. The van der Waals surface area contributed by atoms with Crippen LogP contribution in [0, 0.1) is 0 Å². The predicted octanol–water partition coefficient (Wildman–Crippen LogP) is 2.32. The molecule has 0 fully saturated rings. The second-order valence-corrected chi connectivity index (χ2v) is 4.30. The first-order chi connectivity index (χ1) is 8.27. The van der Waals surface area contributed by atoms with Gasteiger partial charge in [0, 0.05) is 7.05 Å².